The molecule has 0 amide bonds. The van der Waals surface area contributed by atoms with Gasteiger partial charge in [-0.05, 0) is 192 Å². The van der Waals surface area contributed by atoms with E-state index in [2.05, 4.69) is 476 Å². The number of nitrogens with zero attached hydrogens (tertiary/aromatic N) is 12. The zero-order valence-electron chi connectivity index (χ0n) is 74.6. The molecule has 28 aromatic rings. The molecule has 0 bridgehead atoms. The Hall–Kier alpha value is -18.8. The fourth-order valence-corrected chi connectivity index (χ4v) is 21.1. The molecule has 20 aromatic carbocycles. The number of hydrogen-bond donors (Lipinski definition) is 0. The van der Waals surface area contributed by atoms with Gasteiger partial charge in [0.1, 0.15) is 0 Å². The molecule has 0 atom stereocenters. The summed E-state index contributed by atoms with van der Waals surface area (Å²) < 4.78 is 14.2. The smallest absolute Gasteiger partial charge is 0.164 e. The van der Waals surface area contributed by atoms with Crippen molar-refractivity contribution in [3.8, 4) is 125 Å². The molecule has 0 aliphatic rings. The lowest BCUT2D eigenvalue weighted by atomic mass is 10.0. The fourth-order valence-electron chi connectivity index (χ4n) is 21.1. The van der Waals surface area contributed by atoms with Crippen molar-refractivity contribution in [2.24, 2.45) is 0 Å². The van der Waals surface area contributed by atoms with Crippen LogP contribution in [0.1, 0.15) is 0 Å². The topological polar surface area (TPSA) is 107 Å². The van der Waals surface area contributed by atoms with Gasteiger partial charge >= 0.3 is 0 Å². The molecule has 28 rings (SSSR count). The number of rotatable bonds is 14. The Morgan fingerprint density at radius 2 is 0.304 bits per heavy atom. The summed E-state index contributed by atoms with van der Waals surface area (Å²) in [7, 11) is 0. The van der Waals surface area contributed by atoms with E-state index >= 15 is 0 Å². The van der Waals surface area contributed by atoms with Gasteiger partial charge in [0.2, 0.25) is 0 Å². The first kappa shape index (κ1) is 79.0. The van der Waals surface area contributed by atoms with Gasteiger partial charge in [0.05, 0.1) is 66.2 Å². The van der Waals surface area contributed by atoms with Crippen molar-refractivity contribution in [3.63, 3.8) is 0 Å². The lowest BCUT2D eigenvalue weighted by molar-refractivity contribution is 1.07. The van der Waals surface area contributed by atoms with E-state index in [0.717, 1.165) is 139 Å². The molecular weight excluding hydrogens is 1680 g/mol. The fraction of sp³-hybridized carbons (Fsp3) is 0. The van der Waals surface area contributed by atoms with Gasteiger partial charge in [-0.15, -0.1) is 0 Å². The summed E-state index contributed by atoms with van der Waals surface area (Å²) in [6.45, 7) is 0. The van der Waals surface area contributed by atoms with E-state index in [-0.39, 0.29) is 0 Å². The van der Waals surface area contributed by atoms with Crippen LogP contribution in [0.5, 0.6) is 0 Å². The van der Waals surface area contributed by atoms with E-state index < -0.39 is 0 Å². The molecule has 644 valence electrons. The van der Waals surface area contributed by atoms with E-state index in [4.69, 9.17) is 29.9 Å². The van der Waals surface area contributed by atoms with Crippen molar-refractivity contribution in [2.75, 3.05) is 0 Å². The van der Waals surface area contributed by atoms with Crippen LogP contribution in [0.25, 0.3) is 256 Å². The van der Waals surface area contributed by atoms with Crippen molar-refractivity contribution in [1.82, 2.24) is 57.3 Å². The second-order valence-electron chi connectivity index (χ2n) is 35.3. The monoisotopic (exact) mass is 1760 g/mol. The quantitative estimate of drug-likeness (QED) is 0.107. The minimum Gasteiger partial charge on any atom is -0.309 e. The van der Waals surface area contributed by atoms with Crippen molar-refractivity contribution in [1.29, 1.82) is 0 Å². The Morgan fingerprint density at radius 1 is 0.101 bits per heavy atom. The molecule has 0 spiro atoms. The number of benzene rings is 20. The van der Waals surface area contributed by atoms with Gasteiger partial charge in [-0.3, -0.25) is 0 Å². The molecule has 12 nitrogen and oxygen atoms in total. The van der Waals surface area contributed by atoms with Gasteiger partial charge in [0.15, 0.2) is 34.9 Å². The van der Waals surface area contributed by atoms with Crippen LogP contribution in [0.15, 0.2) is 485 Å². The number of aromatic nitrogens is 12. The summed E-state index contributed by atoms with van der Waals surface area (Å²) in [6, 6.07) is 173. The highest BCUT2D eigenvalue weighted by Crippen LogP contribution is 2.45. The Morgan fingerprint density at radius 3 is 0.638 bits per heavy atom. The molecule has 0 unspecified atom stereocenters. The molecule has 0 fully saturated rings. The van der Waals surface area contributed by atoms with Gasteiger partial charge in [0.25, 0.3) is 0 Å². The predicted octanol–water partition coefficient (Wildman–Crippen LogP) is 31.7. The Bertz CT molecular complexity index is 9570. The van der Waals surface area contributed by atoms with Crippen molar-refractivity contribution >= 4 is 131 Å². The first-order chi connectivity index (χ1) is 68.4. The molecule has 0 saturated carbocycles. The van der Waals surface area contributed by atoms with Crippen LogP contribution in [0.2, 0.25) is 0 Å². The van der Waals surface area contributed by atoms with E-state index in [1.165, 1.54) is 81.3 Å². The maximum Gasteiger partial charge on any atom is 0.164 e. The number of para-hydroxylation sites is 10. The highest BCUT2D eigenvalue weighted by Gasteiger charge is 2.26. The number of hydrogen-bond acceptors (Lipinski definition) is 6. The first-order valence-electron chi connectivity index (χ1n) is 46.7. The molecule has 8 aromatic heterocycles. The standard InChI is InChI=1S/2C63H40N6/c1-4-18-41(19-5-1)44-36-45(38-48(37-44)69-58-31-17-13-27-52(58)54-40-47(33-35-60(54)69)68-55-28-14-10-24-49(55)50-25-11-15-29-56(50)68)63-65-61(42-20-6-2-7-21-42)64-62(66-63)43-32-34-59-53(39-43)51-26-12-16-30-57(51)67(59)46-22-8-3-9-23-46;1-3-18-41(19-4-1)44-36-45(39-48(38-44)69-59-33-16-11-28-53(59)54-40-47(34-35-60(54)69)68-57-31-14-9-26-51(57)52-27-10-15-32-58(52)68)63-65-61(42-20-5-2-6-21-42)64-62(66-63)43-22-17-23-46(37-43)67-55-29-12-7-24-49(55)50-25-8-13-30-56(50)67/h2*1-40H. The highest BCUT2D eigenvalue weighted by atomic mass is 15.1. The highest BCUT2D eigenvalue weighted by molar-refractivity contribution is 6.16. The maximum absolute atomic E-state index is 5.38. The van der Waals surface area contributed by atoms with Crippen molar-refractivity contribution in [2.45, 2.75) is 0 Å². The zero-order valence-corrected chi connectivity index (χ0v) is 74.6. The van der Waals surface area contributed by atoms with Crippen LogP contribution < -0.4 is 0 Å². The zero-order chi connectivity index (χ0) is 90.8. The second kappa shape index (κ2) is 32.6. The molecular formula is C126H80N12. The Kier molecular flexibility index (Phi) is 18.7. The molecule has 0 aliphatic carbocycles. The molecule has 12 heteroatoms. The largest absolute Gasteiger partial charge is 0.309 e. The lowest BCUT2D eigenvalue weighted by Gasteiger charge is -2.15. The van der Waals surface area contributed by atoms with Crippen LogP contribution in [0.4, 0.5) is 0 Å². The molecule has 0 aliphatic heterocycles. The SMILES string of the molecule is c1ccc(-c2cc(-c3nc(-c4ccccc4)nc(-c4ccc5c(c4)c4ccccc4n5-c4ccccc4)n3)cc(-n3c4ccccc4c4cc(-n5c6ccccc6c6ccccc65)ccc43)c2)cc1.c1ccc(-c2cc(-c3nc(-c4ccccc4)nc(-c4cccc(-n5c6ccccc6c6ccccc65)c4)n3)cc(-n3c4ccccc4c4cc(-n5c6ccccc6c6ccccc65)ccc43)c2)cc1. The normalized spacial score (nSPS) is 11.8. The van der Waals surface area contributed by atoms with Crippen molar-refractivity contribution < 1.29 is 0 Å². The van der Waals surface area contributed by atoms with Crippen LogP contribution >= 0.6 is 0 Å². The minimum absolute atomic E-state index is 0.592. The summed E-state index contributed by atoms with van der Waals surface area (Å²) in [5.41, 5.74) is 30.0. The maximum atomic E-state index is 5.38. The summed E-state index contributed by atoms with van der Waals surface area (Å²) in [5.74, 6) is 3.62. The molecule has 8 heterocycles. The van der Waals surface area contributed by atoms with Crippen LogP contribution in [0, 0.1) is 0 Å². The Balaban J connectivity index is 0.000000139. The Labute approximate surface area is 792 Å². The average Bonchev–Trinajstić information content (AvgIpc) is 1.57. The molecule has 0 saturated heterocycles. The lowest BCUT2D eigenvalue weighted by Crippen LogP contribution is -2.02. The predicted molar refractivity (Wildman–Crippen MR) is 569 cm³/mol. The minimum atomic E-state index is 0.592. The second-order valence-corrected chi connectivity index (χ2v) is 35.3. The third-order valence-corrected chi connectivity index (χ3v) is 27.3. The summed E-state index contributed by atoms with van der Waals surface area (Å²) in [5, 5.41) is 14.4. The van der Waals surface area contributed by atoms with Crippen LogP contribution in [-0.4, -0.2) is 57.3 Å². The summed E-state index contributed by atoms with van der Waals surface area (Å²) in [6.07, 6.45) is 0. The van der Waals surface area contributed by atoms with E-state index in [1.54, 1.807) is 0 Å². The number of fused-ring (bicyclic) bond motifs is 18. The van der Waals surface area contributed by atoms with Gasteiger partial charge in [-0.25, -0.2) is 29.9 Å². The van der Waals surface area contributed by atoms with E-state index in [0.29, 0.717) is 34.9 Å². The summed E-state index contributed by atoms with van der Waals surface area (Å²) in [4.78, 5) is 31.8. The summed E-state index contributed by atoms with van der Waals surface area (Å²) >= 11 is 0. The van der Waals surface area contributed by atoms with E-state index in [9.17, 15) is 0 Å². The molecule has 0 N–H and O–H groups in total. The van der Waals surface area contributed by atoms with Crippen LogP contribution in [0.3, 0.4) is 0 Å². The van der Waals surface area contributed by atoms with Gasteiger partial charge in [0, 0.05) is 132 Å². The van der Waals surface area contributed by atoms with Gasteiger partial charge in [-0.2, -0.15) is 0 Å². The van der Waals surface area contributed by atoms with Crippen molar-refractivity contribution in [3.05, 3.63) is 485 Å². The average molecular weight is 1760 g/mol. The molecule has 138 heavy (non-hydrogen) atoms. The van der Waals surface area contributed by atoms with Crippen LogP contribution in [-0.2, 0) is 0 Å². The third-order valence-electron chi connectivity index (χ3n) is 27.3. The molecule has 0 radical (unpaired) electrons. The first-order valence-corrected chi connectivity index (χ1v) is 46.7. The van der Waals surface area contributed by atoms with Gasteiger partial charge in [-0.1, -0.05) is 315 Å². The third kappa shape index (κ3) is 13.3. The van der Waals surface area contributed by atoms with E-state index in [1.807, 2.05) is 36.4 Å². The van der Waals surface area contributed by atoms with Gasteiger partial charge < -0.3 is 27.4 Å².